The standard InChI is InChI=1S/C10H14N4O2S2/c11-7-9-1-2-10(17-9)18(15,16)13-4-6-14-5-3-12-8-14/h1-3,5,8,13H,4,6-7,11H2. The number of nitrogens with two attached hydrogens (primary N) is 1. The highest BCUT2D eigenvalue weighted by molar-refractivity contribution is 7.91. The first-order chi connectivity index (χ1) is 8.62. The van der Waals surface area contributed by atoms with Gasteiger partial charge in [0.1, 0.15) is 4.21 Å². The van der Waals surface area contributed by atoms with Gasteiger partial charge in [0, 0.05) is 36.9 Å². The van der Waals surface area contributed by atoms with E-state index >= 15 is 0 Å². The highest BCUT2D eigenvalue weighted by atomic mass is 32.2. The maximum absolute atomic E-state index is 11.9. The monoisotopic (exact) mass is 286 g/mol. The minimum absolute atomic E-state index is 0.300. The van der Waals surface area contributed by atoms with Crippen LogP contribution in [0.5, 0.6) is 0 Å². The van der Waals surface area contributed by atoms with Crippen molar-refractivity contribution in [1.82, 2.24) is 14.3 Å². The molecular formula is C10H14N4O2S2. The predicted octanol–water partition coefficient (Wildman–Crippen LogP) is 0.382. The Morgan fingerprint density at radius 1 is 1.44 bits per heavy atom. The SMILES string of the molecule is NCc1ccc(S(=O)(=O)NCCn2ccnc2)s1. The molecule has 0 aliphatic carbocycles. The largest absolute Gasteiger partial charge is 0.336 e. The summed E-state index contributed by atoms with van der Waals surface area (Å²) < 4.78 is 28.5. The Labute approximate surface area is 110 Å². The second-order valence-corrected chi connectivity index (χ2v) is 6.79. The number of hydrogen-bond acceptors (Lipinski definition) is 5. The van der Waals surface area contributed by atoms with Crippen molar-refractivity contribution in [3.8, 4) is 0 Å². The highest BCUT2D eigenvalue weighted by Crippen LogP contribution is 2.20. The lowest BCUT2D eigenvalue weighted by molar-refractivity contribution is 0.575. The van der Waals surface area contributed by atoms with Crippen molar-refractivity contribution >= 4 is 21.4 Å². The summed E-state index contributed by atoms with van der Waals surface area (Å²) in [5.74, 6) is 0. The van der Waals surface area contributed by atoms with Crippen molar-refractivity contribution in [1.29, 1.82) is 0 Å². The molecule has 18 heavy (non-hydrogen) atoms. The Morgan fingerprint density at radius 3 is 2.89 bits per heavy atom. The number of nitrogens with one attached hydrogen (secondary N) is 1. The first-order valence-corrected chi connectivity index (χ1v) is 7.66. The summed E-state index contributed by atoms with van der Waals surface area (Å²) in [6, 6.07) is 3.31. The zero-order chi connectivity index (χ0) is 13.0. The third-order valence-corrected chi connectivity index (χ3v) is 5.38. The fourth-order valence-electron chi connectivity index (χ4n) is 1.41. The Bertz CT molecular complexity index is 589. The zero-order valence-electron chi connectivity index (χ0n) is 9.61. The lowest BCUT2D eigenvalue weighted by atomic mass is 10.5. The molecule has 0 saturated carbocycles. The fourth-order valence-corrected chi connectivity index (χ4v) is 3.71. The van der Waals surface area contributed by atoms with Crippen LogP contribution in [0.15, 0.2) is 35.1 Å². The number of thiophene rings is 1. The average molecular weight is 286 g/mol. The van der Waals surface area contributed by atoms with E-state index in [1.807, 2.05) is 4.57 Å². The number of rotatable bonds is 6. The maximum Gasteiger partial charge on any atom is 0.250 e. The normalized spacial score (nSPS) is 11.8. The third kappa shape index (κ3) is 3.16. The Hall–Kier alpha value is -1.22. The fraction of sp³-hybridized carbons (Fsp3) is 0.300. The van der Waals surface area contributed by atoms with Gasteiger partial charge in [-0.3, -0.25) is 0 Å². The number of aromatic nitrogens is 2. The molecule has 8 heteroatoms. The predicted molar refractivity (Wildman–Crippen MR) is 69.6 cm³/mol. The van der Waals surface area contributed by atoms with Gasteiger partial charge in [-0.05, 0) is 12.1 Å². The molecule has 3 N–H and O–H groups in total. The molecule has 0 aliphatic rings. The molecule has 0 saturated heterocycles. The first-order valence-electron chi connectivity index (χ1n) is 5.36. The van der Waals surface area contributed by atoms with Crippen LogP contribution in [0.2, 0.25) is 0 Å². The lowest BCUT2D eigenvalue weighted by Crippen LogP contribution is -2.26. The van der Waals surface area contributed by atoms with E-state index in [1.165, 1.54) is 11.3 Å². The zero-order valence-corrected chi connectivity index (χ0v) is 11.2. The molecule has 2 aromatic rings. The van der Waals surface area contributed by atoms with Crippen LogP contribution in [-0.2, 0) is 23.1 Å². The van der Waals surface area contributed by atoms with Crippen molar-refractivity contribution in [3.63, 3.8) is 0 Å². The molecule has 6 nitrogen and oxygen atoms in total. The quantitative estimate of drug-likeness (QED) is 0.803. The minimum atomic E-state index is -3.42. The van der Waals surface area contributed by atoms with Crippen molar-refractivity contribution in [3.05, 3.63) is 35.7 Å². The van der Waals surface area contributed by atoms with Crippen LogP contribution in [0.25, 0.3) is 0 Å². The molecule has 2 heterocycles. The van der Waals surface area contributed by atoms with E-state index in [0.717, 1.165) is 4.88 Å². The molecule has 2 rings (SSSR count). The van der Waals surface area contributed by atoms with Crippen LogP contribution in [-0.4, -0.2) is 24.5 Å². The van der Waals surface area contributed by atoms with Crippen LogP contribution in [0.1, 0.15) is 4.88 Å². The number of sulfonamides is 1. The average Bonchev–Trinajstić information content (AvgIpc) is 2.99. The highest BCUT2D eigenvalue weighted by Gasteiger charge is 2.15. The van der Waals surface area contributed by atoms with Gasteiger partial charge in [0.25, 0.3) is 0 Å². The molecule has 0 atom stereocenters. The van der Waals surface area contributed by atoms with Crippen LogP contribution >= 0.6 is 11.3 Å². The van der Waals surface area contributed by atoms with Gasteiger partial charge < -0.3 is 10.3 Å². The number of hydrogen-bond donors (Lipinski definition) is 2. The smallest absolute Gasteiger partial charge is 0.250 e. The molecule has 98 valence electrons. The van der Waals surface area contributed by atoms with Gasteiger partial charge in [0.2, 0.25) is 10.0 Å². The van der Waals surface area contributed by atoms with Crippen LogP contribution in [0.3, 0.4) is 0 Å². The summed E-state index contributed by atoms with van der Waals surface area (Å²) in [6.45, 7) is 1.23. The molecule has 0 radical (unpaired) electrons. The third-order valence-electron chi connectivity index (χ3n) is 2.32. The summed E-state index contributed by atoms with van der Waals surface area (Å²) >= 11 is 1.19. The lowest BCUT2D eigenvalue weighted by Gasteiger charge is -2.05. The van der Waals surface area contributed by atoms with Crippen LogP contribution in [0.4, 0.5) is 0 Å². The van der Waals surface area contributed by atoms with Crippen molar-refractivity contribution in [2.75, 3.05) is 6.54 Å². The van der Waals surface area contributed by atoms with Crippen molar-refractivity contribution in [2.24, 2.45) is 5.73 Å². The number of imidazole rings is 1. The second-order valence-electron chi connectivity index (χ2n) is 3.62. The molecule has 0 aliphatic heterocycles. The molecule has 0 bridgehead atoms. The summed E-state index contributed by atoms with van der Waals surface area (Å²) in [7, 11) is -3.42. The van der Waals surface area contributed by atoms with Gasteiger partial charge in [0.15, 0.2) is 0 Å². The van der Waals surface area contributed by atoms with E-state index < -0.39 is 10.0 Å². The summed E-state index contributed by atoms with van der Waals surface area (Å²) in [5.41, 5.74) is 5.46. The van der Waals surface area contributed by atoms with E-state index in [2.05, 4.69) is 9.71 Å². The van der Waals surface area contributed by atoms with E-state index in [0.29, 0.717) is 23.8 Å². The van der Waals surface area contributed by atoms with E-state index in [9.17, 15) is 8.42 Å². The van der Waals surface area contributed by atoms with Gasteiger partial charge in [-0.2, -0.15) is 0 Å². The molecule has 0 unspecified atom stereocenters. The van der Waals surface area contributed by atoms with Gasteiger partial charge in [0.05, 0.1) is 6.33 Å². The summed E-state index contributed by atoms with van der Waals surface area (Å²) in [6.07, 6.45) is 5.08. The van der Waals surface area contributed by atoms with E-state index in [4.69, 9.17) is 5.73 Å². The van der Waals surface area contributed by atoms with Gasteiger partial charge in [-0.15, -0.1) is 11.3 Å². The first kappa shape index (κ1) is 13.2. The molecule has 0 amide bonds. The van der Waals surface area contributed by atoms with Crippen LogP contribution in [0, 0.1) is 0 Å². The number of nitrogens with zero attached hydrogens (tertiary/aromatic N) is 2. The summed E-state index contributed by atoms with van der Waals surface area (Å²) in [4.78, 5) is 4.74. The van der Waals surface area contributed by atoms with Gasteiger partial charge in [-0.1, -0.05) is 0 Å². The summed E-state index contributed by atoms with van der Waals surface area (Å²) in [5, 5.41) is 0. The van der Waals surface area contributed by atoms with E-state index in [-0.39, 0.29) is 0 Å². The Morgan fingerprint density at radius 2 is 2.28 bits per heavy atom. The topological polar surface area (TPSA) is 90.0 Å². The van der Waals surface area contributed by atoms with Crippen molar-refractivity contribution in [2.45, 2.75) is 17.3 Å². The maximum atomic E-state index is 11.9. The van der Waals surface area contributed by atoms with Gasteiger partial charge in [-0.25, -0.2) is 18.1 Å². The molecule has 0 spiro atoms. The molecule has 0 fully saturated rings. The second kappa shape index (κ2) is 5.61. The molecule has 2 aromatic heterocycles. The molecular weight excluding hydrogens is 272 g/mol. The molecule has 0 aromatic carbocycles. The van der Waals surface area contributed by atoms with Gasteiger partial charge >= 0.3 is 0 Å². The van der Waals surface area contributed by atoms with Crippen molar-refractivity contribution < 1.29 is 8.42 Å². The Balaban J connectivity index is 1.95. The van der Waals surface area contributed by atoms with E-state index in [1.54, 1.807) is 30.9 Å². The Kier molecular flexibility index (Phi) is 4.12. The van der Waals surface area contributed by atoms with Crippen LogP contribution < -0.4 is 10.5 Å². The minimum Gasteiger partial charge on any atom is -0.336 e.